The summed E-state index contributed by atoms with van der Waals surface area (Å²) in [6.45, 7) is 5.01. The van der Waals surface area contributed by atoms with Gasteiger partial charge in [0.05, 0.1) is 6.61 Å². The molecule has 0 saturated heterocycles. The monoisotopic (exact) mass is 270 g/mol. The Bertz CT molecular complexity index is 468. The number of nitrogens with zero attached hydrogens (tertiary/aromatic N) is 1. The molecule has 1 atom stereocenters. The molecule has 1 aromatic rings. The van der Waals surface area contributed by atoms with Crippen molar-refractivity contribution in [2.45, 2.75) is 32.2 Å². The first kappa shape index (κ1) is 15.2. The van der Waals surface area contributed by atoms with E-state index in [9.17, 15) is 9.59 Å². The van der Waals surface area contributed by atoms with Crippen molar-refractivity contribution in [1.82, 2.24) is 10.5 Å². The summed E-state index contributed by atoms with van der Waals surface area (Å²) in [5.41, 5.74) is -1.46. The van der Waals surface area contributed by atoms with Crippen molar-refractivity contribution >= 4 is 11.9 Å². The molecule has 0 aromatic carbocycles. The highest BCUT2D eigenvalue weighted by atomic mass is 16.5. The number of aromatic nitrogens is 1. The van der Waals surface area contributed by atoms with Crippen LogP contribution in [0.1, 0.15) is 42.9 Å². The number of carbonyl (C=O) groups is 2. The molecule has 1 heterocycles. The number of methoxy groups -OCH3 is 1. The molecule has 0 saturated carbocycles. The molecule has 0 aliphatic rings. The van der Waals surface area contributed by atoms with Crippen LogP contribution < -0.4 is 5.32 Å². The van der Waals surface area contributed by atoms with Crippen molar-refractivity contribution in [3.05, 3.63) is 17.5 Å². The molecule has 1 rings (SSSR count). The Labute approximate surface area is 110 Å². The van der Waals surface area contributed by atoms with E-state index in [2.05, 4.69) is 10.5 Å². The van der Waals surface area contributed by atoms with Crippen molar-refractivity contribution in [2.75, 3.05) is 13.7 Å². The fourth-order valence-corrected chi connectivity index (χ4v) is 1.42. The van der Waals surface area contributed by atoms with Crippen LogP contribution in [0.2, 0.25) is 0 Å². The van der Waals surface area contributed by atoms with Crippen molar-refractivity contribution in [1.29, 1.82) is 0 Å². The highest BCUT2D eigenvalue weighted by molar-refractivity contribution is 5.96. The Balaban J connectivity index is 2.85. The van der Waals surface area contributed by atoms with Gasteiger partial charge in [-0.2, -0.15) is 0 Å². The van der Waals surface area contributed by atoms with Crippen molar-refractivity contribution < 1.29 is 24.0 Å². The molecule has 7 nitrogen and oxygen atoms in total. The number of ether oxygens (including phenoxy) is 1. The molecule has 1 amide bonds. The predicted molar refractivity (Wildman–Crippen MR) is 66.0 cm³/mol. The van der Waals surface area contributed by atoms with Crippen LogP contribution in [0.15, 0.2) is 10.6 Å². The van der Waals surface area contributed by atoms with Crippen LogP contribution in [0.25, 0.3) is 0 Å². The molecule has 0 aliphatic carbocycles. The maximum atomic E-state index is 11.9. The van der Waals surface area contributed by atoms with E-state index in [0.717, 1.165) is 0 Å². The molecule has 19 heavy (non-hydrogen) atoms. The summed E-state index contributed by atoms with van der Waals surface area (Å²) in [5.74, 6) is -1.14. The zero-order chi connectivity index (χ0) is 14.6. The fraction of sp³-hybridized carbons (Fsp3) is 0.583. The summed E-state index contributed by atoms with van der Waals surface area (Å²) < 4.78 is 9.80. The number of carboxylic acids is 1. The van der Waals surface area contributed by atoms with Crippen molar-refractivity contribution in [3.63, 3.8) is 0 Å². The van der Waals surface area contributed by atoms with Gasteiger partial charge in [0.15, 0.2) is 11.2 Å². The Morgan fingerprint density at radius 2 is 2.21 bits per heavy atom. The van der Waals surface area contributed by atoms with Gasteiger partial charge in [0.2, 0.25) is 0 Å². The minimum atomic E-state index is -1.51. The third kappa shape index (κ3) is 3.54. The van der Waals surface area contributed by atoms with Crippen molar-refractivity contribution in [2.24, 2.45) is 0 Å². The zero-order valence-electron chi connectivity index (χ0n) is 11.4. The van der Waals surface area contributed by atoms with E-state index in [4.69, 9.17) is 14.4 Å². The van der Waals surface area contributed by atoms with Gasteiger partial charge in [0.1, 0.15) is 5.76 Å². The van der Waals surface area contributed by atoms with Gasteiger partial charge in [0, 0.05) is 19.1 Å². The molecule has 0 fully saturated rings. The molecule has 1 unspecified atom stereocenters. The molecule has 106 valence electrons. The average molecular weight is 270 g/mol. The van der Waals surface area contributed by atoms with E-state index in [-0.39, 0.29) is 18.2 Å². The summed E-state index contributed by atoms with van der Waals surface area (Å²) in [4.78, 5) is 23.1. The summed E-state index contributed by atoms with van der Waals surface area (Å²) in [6.07, 6.45) is 0. The molecule has 7 heteroatoms. The van der Waals surface area contributed by atoms with E-state index >= 15 is 0 Å². The average Bonchev–Trinajstić information content (AvgIpc) is 2.78. The third-order valence-corrected chi connectivity index (χ3v) is 2.62. The molecular weight excluding hydrogens is 252 g/mol. The summed E-state index contributed by atoms with van der Waals surface area (Å²) >= 11 is 0. The first-order valence-corrected chi connectivity index (χ1v) is 5.81. The predicted octanol–water partition coefficient (Wildman–Crippen LogP) is 1.02. The quantitative estimate of drug-likeness (QED) is 0.800. The van der Waals surface area contributed by atoms with Gasteiger partial charge in [-0.1, -0.05) is 19.0 Å². The van der Waals surface area contributed by atoms with Gasteiger partial charge in [0.25, 0.3) is 5.91 Å². The van der Waals surface area contributed by atoms with Crippen LogP contribution in [-0.2, 0) is 9.53 Å². The maximum absolute atomic E-state index is 11.9. The second-order valence-electron chi connectivity index (χ2n) is 4.79. The van der Waals surface area contributed by atoms with Crippen LogP contribution in [-0.4, -0.2) is 41.4 Å². The molecule has 1 aromatic heterocycles. The van der Waals surface area contributed by atoms with Gasteiger partial charge in [-0.25, -0.2) is 4.79 Å². The van der Waals surface area contributed by atoms with Gasteiger partial charge in [-0.15, -0.1) is 0 Å². The lowest BCUT2D eigenvalue weighted by Gasteiger charge is -2.24. The minimum absolute atomic E-state index is 0.0484. The van der Waals surface area contributed by atoms with Crippen LogP contribution >= 0.6 is 0 Å². The molecule has 0 radical (unpaired) electrons. The zero-order valence-corrected chi connectivity index (χ0v) is 11.4. The van der Waals surface area contributed by atoms with Gasteiger partial charge >= 0.3 is 5.97 Å². The lowest BCUT2D eigenvalue weighted by Crippen LogP contribution is -2.55. The Morgan fingerprint density at radius 3 is 2.63 bits per heavy atom. The highest BCUT2D eigenvalue weighted by Gasteiger charge is 2.36. The van der Waals surface area contributed by atoms with E-state index in [1.807, 2.05) is 13.8 Å². The molecule has 0 aliphatic heterocycles. The second-order valence-corrected chi connectivity index (χ2v) is 4.79. The highest BCUT2D eigenvalue weighted by Crippen LogP contribution is 2.15. The number of carbonyl (C=O) groups excluding carboxylic acids is 1. The number of aliphatic carboxylic acids is 1. The number of nitrogens with one attached hydrogen (secondary N) is 1. The molecular formula is C12H18N2O5. The largest absolute Gasteiger partial charge is 0.479 e. The first-order valence-electron chi connectivity index (χ1n) is 5.81. The first-order chi connectivity index (χ1) is 8.80. The number of hydrogen-bond acceptors (Lipinski definition) is 5. The summed E-state index contributed by atoms with van der Waals surface area (Å²) in [6, 6.07) is 1.50. The molecule has 0 bridgehead atoms. The minimum Gasteiger partial charge on any atom is -0.479 e. The van der Waals surface area contributed by atoms with Gasteiger partial charge in [-0.05, 0) is 6.92 Å². The lowest BCUT2D eigenvalue weighted by molar-refractivity contribution is -0.145. The smallest absolute Gasteiger partial charge is 0.331 e. The van der Waals surface area contributed by atoms with E-state index < -0.39 is 17.4 Å². The Hall–Kier alpha value is -1.89. The van der Waals surface area contributed by atoms with Crippen LogP contribution in [0, 0.1) is 0 Å². The number of hydrogen-bond donors (Lipinski definition) is 2. The second kappa shape index (κ2) is 5.83. The topological polar surface area (TPSA) is 102 Å². The Morgan fingerprint density at radius 1 is 1.58 bits per heavy atom. The van der Waals surface area contributed by atoms with Crippen LogP contribution in [0.3, 0.4) is 0 Å². The van der Waals surface area contributed by atoms with Gasteiger partial charge in [-0.3, -0.25) is 4.79 Å². The SMILES string of the molecule is COCC(C)(NC(=O)c1cc(C(C)C)on1)C(=O)O. The molecule has 0 spiro atoms. The lowest BCUT2D eigenvalue weighted by atomic mass is 10.0. The standard InChI is InChI=1S/C12H18N2O5/c1-7(2)9-5-8(14-19-9)10(15)13-12(3,6-18-4)11(16)17/h5,7H,6H2,1-4H3,(H,13,15)(H,16,17). The Kier molecular flexibility index (Phi) is 4.66. The van der Waals surface area contributed by atoms with Crippen molar-refractivity contribution in [3.8, 4) is 0 Å². The normalized spacial score (nSPS) is 14.2. The number of carboxylic acid groups (broad SMARTS) is 1. The number of rotatable bonds is 6. The molecule has 2 N–H and O–H groups in total. The maximum Gasteiger partial charge on any atom is 0.331 e. The van der Waals surface area contributed by atoms with Crippen LogP contribution in [0.4, 0.5) is 0 Å². The summed E-state index contributed by atoms with van der Waals surface area (Å²) in [5, 5.41) is 15.1. The van der Waals surface area contributed by atoms with Gasteiger partial charge < -0.3 is 19.7 Å². The van der Waals surface area contributed by atoms with E-state index in [1.165, 1.54) is 20.1 Å². The number of amides is 1. The van der Waals surface area contributed by atoms with Crippen LogP contribution in [0.5, 0.6) is 0 Å². The fourth-order valence-electron chi connectivity index (χ4n) is 1.42. The van der Waals surface area contributed by atoms with E-state index in [0.29, 0.717) is 5.76 Å². The van der Waals surface area contributed by atoms with E-state index in [1.54, 1.807) is 0 Å². The summed E-state index contributed by atoms with van der Waals surface area (Å²) in [7, 11) is 1.36. The third-order valence-electron chi connectivity index (χ3n) is 2.62.